The van der Waals surface area contributed by atoms with Gasteiger partial charge in [-0.15, -0.1) is 0 Å². The van der Waals surface area contributed by atoms with Gasteiger partial charge in [0.15, 0.2) is 5.78 Å². The highest BCUT2D eigenvalue weighted by molar-refractivity contribution is 6.26. The maximum absolute atomic E-state index is 12.1. The van der Waals surface area contributed by atoms with Crippen LogP contribution in [0.15, 0.2) is 65.2 Å². The molecule has 1 aliphatic rings. The van der Waals surface area contributed by atoms with Crippen LogP contribution in [-0.4, -0.2) is 11.5 Å². The first kappa shape index (κ1) is 12.5. The molecule has 0 saturated carbocycles. The molecule has 3 rings (SSSR count). The third-order valence-corrected chi connectivity index (χ3v) is 3.44. The summed E-state index contributed by atoms with van der Waals surface area (Å²) in [5, 5.41) is 0. The summed E-state index contributed by atoms with van der Waals surface area (Å²) in [6.07, 6.45) is 1.87. The summed E-state index contributed by atoms with van der Waals surface area (Å²) in [4.78, 5) is 16.8. The maximum atomic E-state index is 12.1. The van der Waals surface area contributed by atoms with E-state index < -0.39 is 0 Å². The zero-order chi connectivity index (χ0) is 14.1. The Morgan fingerprint density at radius 1 is 0.850 bits per heavy atom. The minimum Gasteiger partial charge on any atom is -0.289 e. The van der Waals surface area contributed by atoms with Gasteiger partial charge in [0.2, 0.25) is 0 Å². The highest BCUT2D eigenvalue weighted by atomic mass is 16.1. The Hall–Kier alpha value is -2.48. The van der Waals surface area contributed by atoms with E-state index in [-0.39, 0.29) is 5.78 Å². The van der Waals surface area contributed by atoms with Crippen molar-refractivity contribution in [3.63, 3.8) is 0 Å². The van der Waals surface area contributed by atoms with Crippen molar-refractivity contribution < 1.29 is 4.79 Å². The van der Waals surface area contributed by atoms with Crippen LogP contribution in [-0.2, 0) is 0 Å². The van der Waals surface area contributed by atoms with Crippen molar-refractivity contribution in [1.29, 1.82) is 0 Å². The third-order valence-electron chi connectivity index (χ3n) is 3.44. The van der Waals surface area contributed by atoms with Gasteiger partial charge in [-0.1, -0.05) is 42.0 Å². The summed E-state index contributed by atoms with van der Waals surface area (Å²) in [5.74, 6) is 0.0865. The molecule has 0 bridgehead atoms. The summed E-state index contributed by atoms with van der Waals surface area (Å²) in [7, 11) is 0. The quantitative estimate of drug-likeness (QED) is 0.754. The third kappa shape index (κ3) is 2.21. The van der Waals surface area contributed by atoms with Crippen molar-refractivity contribution in [2.75, 3.05) is 0 Å². The average molecular weight is 261 g/mol. The van der Waals surface area contributed by atoms with Crippen LogP contribution in [0.3, 0.4) is 0 Å². The molecule has 0 N–H and O–H groups in total. The Bertz CT molecular complexity index is 736. The molecule has 0 heterocycles. The molecule has 2 aromatic carbocycles. The molecule has 0 spiro atoms. The first-order valence-corrected chi connectivity index (χ1v) is 6.63. The molecule has 98 valence electrons. The molecule has 0 amide bonds. The number of rotatable bonds is 1. The van der Waals surface area contributed by atoms with Crippen LogP contribution in [0.5, 0.6) is 0 Å². The second-order valence-corrected chi connectivity index (χ2v) is 5.03. The molecule has 0 atom stereocenters. The highest BCUT2D eigenvalue weighted by Gasteiger charge is 2.20. The molecule has 0 aliphatic heterocycles. The Morgan fingerprint density at radius 2 is 1.50 bits per heavy atom. The zero-order valence-electron chi connectivity index (χ0n) is 11.6. The molecule has 0 unspecified atom stereocenters. The molecular formula is C18H15NO. The summed E-state index contributed by atoms with van der Waals surface area (Å²) < 4.78 is 0. The molecule has 0 fully saturated rings. The number of aliphatic imine (C=N–C) groups is 1. The van der Waals surface area contributed by atoms with Gasteiger partial charge in [0.05, 0.1) is 11.4 Å². The van der Waals surface area contributed by atoms with Crippen LogP contribution in [0, 0.1) is 6.92 Å². The van der Waals surface area contributed by atoms with Gasteiger partial charge < -0.3 is 0 Å². The molecule has 2 heteroatoms. The van der Waals surface area contributed by atoms with Crippen molar-refractivity contribution in [2.45, 2.75) is 13.8 Å². The van der Waals surface area contributed by atoms with Crippen LogP contribution in [0.4, 0.5) is 5.69 Å². The lowest BCUT2D eigenvalue weighted by Gasteiger charge is -2.15. The lowest BCUT2D eigenvalue weighted by Crippen LogP contribution is -2.15. The SMILES string of the molecule is CC1=CC(=Nc2ccc(C)cc2)c2ccccc2C1=O. The van der Waals surface area contributed by atoms with Crippen molar-refractivity contribution >= 4 is 17.2 Å². The lowest BCUT2D eigenvalue weighted by atomic mass is 9.90. The molecular weight excluding hydrogens is 246 g/mol. The number of benzene rings is 2. The molecule has 0 saturated heterocycles. The summed E-state index contributed by atoms with van der Waals surface area (Å²) in [6.45, 7) is 3.89. The molecule has 1 aliphatic carbocycles. The van der Waals surface area contributed by atoms with Crippen molar-refractivity contribution in [1.82, 2.24) is 0 Å². The van der Waals surface area contributed by atoms with Crippen molar-refractivity contribution in [3.05, 3.63) is 76.9 Å². The second kappa shape index (κ2) is 4.89. The fraction of sp³-hybridized carbons (Fsp3) is 0.111. The Morgan fingerprint density at radius 3 is 2.20 bits per heavy atom. The van der Waals surface area contributed by atoms with Gasteiger partial charge in [0.1, 0.15) is 0 Å². The van der Waals surface area contributed by atoms with E-state index in [0.717, 1.165) is 28.1 Å². The van der Waals surface area contributed by atoms with E-state index in [1.807, 2.05) is 61.5 Å². The highest BCUT2D eigenvalue weighted by Crippen LogP contribution is 2.24. The van der Waals surface area contributed by atoms with E-state index in [9.17, 15) is 4.79 Å². The van der Waals surface area contributed by atoms with E-state index in [1.165, 1.54) is 5.56 Å². The molecule has 0 radical (unpaired) electrons. The van der Waals surface area contributed by atoms with Crippen LogP contribution in [0.25, 0.3) is 0 Å². The zero-order valence-corrected chi connectivity index (χ0v) is 11.6. The average Bonchev–Trinajstić information content (AvgIpc) is 2.47. The molecule has 20 heavy (non-hydrogen) atoms. The van der Waals surface area contributed by atoms with Crippen molar-refractivity contribution in [3.8, 4) is 0 Å². The smallest absolute Gasteiger partial charge is 0.189 e. The van der Waals surface area contributed by atoms with E-state index in [1.54, 1.807) is 0 Å². The van der Waals surface area contributed by atoms with Gasteiger partial charge >= 0.3 is 0 Å². The van der Waals surface area contributed by atoms with Gasteiger partial charge in [-0.25, -0.2) is 4.99 Å². The molecule has 2 nitrogen and oxygen atoms in total. The number of carbonyl (C=O) groups is 1. The standard InChI is InChI=1S/C18H15NO/c1-12-7-9-14(10-8-12)19-17-11-13(2)18(20)16-6-4-3-5-15(16)17/h3-11H,1-2H3. The summed E-state index contributed by atoms with van der Waals surface area (Å²) >= 11 is 0. The maximum Gasteiger partial charge on any atom is 0.189 e. The summed E-state index contributed by atoms with van der Waals surface area (Å²) in [6, 6.07) is 15.7. The number of hydrogen-bond acceptors (Lipinski definition) is 2. The molecule has 0 aromatic heterocycles. The van der Waals surface area contributed by atoms with Crippen LogP contribution in [0.2, 0.25) is 0 Å². The minimum atomic E-state index is 0.0865. The monoisotopic (exact) mass is 261 g/mol. The van der Waals surface area contributed by atoms with Gasteiger partial charge in [0, 0.05) is 11.1 Å². The number of carbonyl (C=O) groups excluding carboxylic acids is 1. The second-order valence-electron chi connectivity index (χ2n) is 5.03. The number of allylic oxidation sites excluding steroid dienone is 2. The van der Waals surface area contributed by atoms with E-state index >= 15 is 0 Å². The number of aryl methyl sites for hydroxylation is 1. The predicted molar refractivity (Wildman–Crippen MR) is 81.9 cm³/mol. The van der Waals surface area contributed by atoms with Crippen LogP contribution >= 0.6 is 0 Å². The number of ketones is 1. The Labute approximate surface area is 118 Å². The lowest BCUT2D eigenvalue weighted by molar-refractivity contribution is 0.103. The Kier molecular flexibility index (Phi) is 3.07. The van der Waals surface area contributed by atoms with E-state index in [0.29, 0.717) is 0 Å². The topological polar surface area (TPSA) is 29.4 Å². The van der Waals surface area contributed by atoms with Crippen LogP contribution in [0.1, 0.15) is 28.4 Å². The van der Waals surface area contributed by atoms with Gasteiger partial charge in [-0.2, -0.15) is 0 Å². The molecule has 2 aromatic rings. The van der Waals surface area contributed by atoms with Gasteiger partial charge in [-0.05, 0) is 37.6 Å². The van der Waals surface area contributed by atoms with Crippen LogP contribution < -0.4 is 0 Å². The first-order chi connectivity index (χ1) is 9.65. The number of Topliss-reactive ketones (excluding diaryl/α,β-unsaturated/α-hetero) is 1. The first-order valence-electron chi connectivity index (χ1n) is 6.63. The predicted octanol–water partition coefficient (Wildman–Crippen LogP) is 4.26. The van der Waals surface area contributed by atoms with E-state index in [4.69, 9.17) is 0 Å². The normalized spacial score (nSPS) is 16.0. The number of hydrogen-bond donors (Lipinski definition) is 0. The Balaban J connectivity index is 2.13. The fourth-order valence-electron chi connectivity index (χ4n) is 2.32. The van der Waals surface area contributed by atoms with E-state index in [2.05, 4.69) is 11.9 Å². The van der Waals surface area contributed by atoms with Gasteiger partial charge in [0.25, 0.3) is 0 Å². The number of fused-ring (bicyclic) bond motifs is 1. The largest absolute Gasteiger partial charge is 0.289 e. The minimum absolute atomic E-state index is 0.0865. The van der Waals surface area contributed by atoms with Gasteiger partial charge in [-0.3, -0.25) is 4.79 Å². The number of nitrogens with zero attached hydrogens (tertiary/aromatic N) is 1. The fourth-order valence-corrected chi connectivity index (χ4v) is 2.32. The summed E-state index contributed by atoms with van der Waals surface area (Å²) in [5.41, 5.74) is 5.33. The van der Waals surface area contributed by atoms with Crippen molar-refractivity contribution in [2.24, 2.45) is 4.99 Å².